The van der Waals surface area contributed by atoms with Crippen LogP contribution in [0.5, 0.6) is 0 Å². The first-order valence-corrected chi connectivity index (χ1v) is 6.13. The van der Waals surface area contributed by atoms with Crippen LogP contribution in [0.2, 0.25) is 0 Å². The van der Waals surface area contributed by atoms with Crippen LogP contribution < -0.4 is 5.73 Å². The maximum absolute atomic E-state index is 11.3. The van der Waals surface area contributed by atoms with E-state index in [1.165, 1.54) is 16.7 Å². The van der Waals surface area contributed by atoms with E-state index in [4.69, 9.17) is 10.8 Å². The van der Waals surface area contributed by atoms with E-state index in [-0.39, 0.29) is 23.0 Å². The molecule has 16 heavy (non-hydrogen) atoms. The van der Waals surface area contributed by atoms with Crippen LogP contribution in [0.1, 0.15) is 26.2 Å². The second-order valence-electron chi connectivity index (χ2n) is 3.99. The molecule has 0 saturated carbocycles. The van der Waals surface area contributed by atoms with E-state index in [1.54, 1.807) is 0 Å². The van der Waals surface area contributed by atoms with Crippen LogP contribution in [0, 0.1) is 0 Å². The quantitative estimate of drug-likeness (QED) is 0.709. The fraction of sp³-hybridized carbons (Fsp3) is 0.600. The van der Waals surface area contributed by atoms with Gasteiger partial charge in [-0.1, -0.05) is 6.92 Å². The van der Waals surface area contributed by atoms with Gasteiger partial charge in [0.2, 0.25) is 5.91 Å². The standard InChI is InChI=1S/C10H14N2O3S/c1-2-5(11)3-6-9(10(14)15)12-7(13)4-8(12)16-6/h5,8H,2-4,11H2,1H3,(H,14,15)/t5?,8-/m0/s1. The predicted molar refractivity (Wildman–Crippen MR) is 60.4 cm³/mol. The normalized spacial score (nSPS) is 25.5. The fourth-order valence-corrected chi connectivity index (χ4v) is 3.34. The smallest absolute Gasteiger partial charge is 0.353 e. The lowest BCUT2D eigenvalue weighted by atomic mass is 10.1. The Morgan fingerprint density at radius 1 is 1.75 bits per heavy atom. The van der Waals surface area contributed by atoms with Crippen molar-refractivity contribution in [1.29, 1.82) is 0 Å². The Hall–Kier alpha value is -1.01. The first-order valence-electron chi connectivity index (χ1n) is 5.25. The predicted octanol–water partition coefficient (Wildman–Crippen LogP) is 0.715. The van der Waals surface area contributed by atoms with Gasteiger partial charge >= 0.3 is 5.97 Å². The molecule has 2 rings (SSSR count). The highest BCUT2D eigenvalue weighted by atomic mass is 32.2. The maximum Gasteiger partial charge on any atom is 0.353 e. The minimum Gasteiger partial charge on any atom is -0.477 e. The first kappa shape index (κ1) is 11.5. The lowest BCUT2D eigenvalue weighted by molar-refractivity contribution is -0.145. The number of carboxylic acid groups (broad SMARTS) is 1. The van der Waals surface area contributed by atoms with Crippen molar-refractivity contribution < 1.29 is 14.7 Å². The Balaban J connectivity index is 2.22. The zero-order valence-corrected chi connectivity index (χ0v) is 9.79. The van der Waals surface area contributed by atoms with Crippen molar-refractivity contribution in [2.24, 2.45) is 5.73 Å². The molecule has 88 valence electrons. The van der Waals surface area contributed by atoms with E-state index in [2.05, 4.69) is 0 Å². The molecule has 2 atom stereocenters. The van der Waals surface area contributed by atoms with Gasteiger partial charge in [0.05, 0.1) is 11.8 Å². The van der Waals surface area contributed by atoms with Crippen molar-refractivity contribution in [2.75, 3.05) is 0 Å². The zero-order chi connectivity index (χ0) is 11.9. The molecule has 2 aliphatic heterocycles. The van der Waals surface area contributed by atoms with Crippen LogP contribution in [0.25, 0.3) is 0 Å². The monoisotopic (exact) mass is 242 g/mol. The van der Waals surface area contributed by atoms with Crippen molar-refractivity contribution in [1.82, 2.24) is 4.90 Å². The van der Waals surface area contributed by atoms with E-state index < -0.39 is 5.97 Å². The Morgan fingerprint density at radius 3 is 2.94 bits per heavy atom. The van der Waals surface area contributed by atoms with Crippen LogP contribution >= 0.6 is 11.8 Å². The van der Waals surface area contributed by atoms with E-state index >= 15 is 0 Å². The van der Waals surface area contributed by atoms with Crippen molar-refractivity contribution in [2.45, 2.75) is 37.6 Å². The number of β-lactam (4-membered cyclic amide) rings is 1. The van der Waals surface area contributed by atoms with E-state index in [9.17, 15) is 9.59 Å². The largest absolute Gasteiger partial charge is 0.477 e. The Morgan fingerprint density at radius 2 is 2.44 bits per heavy atom. The number of hydrogen-bond acceptors (Lipinski definition) is 4. The molecule has 1 unspecified atom stereocenters. The number of fused-ring (bicyclic) bond motifs is 1. The second kappa shape index (κ2) is 4.10. The van der Waals surface area contributed by atoms with Crippen molar-refractivity contribution in [3.05, 3.63) is 10.6 Å². The van der Waals surface area contributed by atoms with Gasteiger partial charge in [0.1, 0.15) is 5.70 Å². The molecule has 6 heteroatoms. The minimum atomic E-state index is -1.03. The first-order chi connectivity index (χ1) is 7.54. The molecule has 0 aromatic rings. The maximum atomic E-state index is 11.3. The summed E-state index contributed by atoms with van der Waals surface area (Å²) in [6.07, 6.45) is 1.78. The molecule has 0 bridgehead atoms. The van der Waals surface area contributed by atoms with Crippen molar-refractivity contribution in [3.63, 3.8) is 0 Å². The van der Waals surface area contributed by atoms with Crippen LogP contribution in [0.4, 0.5) is 0 Å². The van der Waals surface area contributed by atoms with Gasteiger partial charge in [0.15, 0.2) is 0 Å². The average Bonchev–Trinajstić information content (AvgIpc) is 2.51. The zero-order valence-electron chi connectivity index (χ0n) is 8.97. The van der Waals surface area contributed by atoms with Gasteiger partial charge in [-0.2, -0.15) is 0 Å². The van der Waals surface area contributed by atoms with E-state index in [0.29, 0.717) is 12.8 Å². The highest BCUT2D eigenvalue weighted by Crippen LogP contribution is 2.47. The topological polar surface area (TPSA) is 83.6 Å². The Labute approximate surface area is 97.7 Å². The third-order valence-corrected chi connectivity index (χ3v) is 4.16. The highest BCUT2D eigenvalue weighted by molar-refractivity contribution is 8.04. The van der Waals surface area contributed by atoms with Gasteiger partial charge in [-0.25, -0.2) is 4.79 Å². The number of aliphatic carboxylic acids is 1. The summed E-state index contributed by atoms with van der Waals surface area (Å²) >= 11 is 1.47. The molecule has 0 aliphatic carbocycles. The molecule has 2 heterocycles. The van der Waals surface area contributed by atoms with Gasteiger partial charge in [-0.15, -0.1) is 11.8 Å². The van der Waals surface area contributed by atoms with Gasteiger partial charge in [-0.05, 0) is 12.8 Å². The molecule has 1 saturated heterocycles. The molecule has 2 aliphatic rings. The molecule has 0 spiro atoms. The molecular weight excluding hydrogens is 228 g/mol. The van der Waals surface area contributed by atoms with Crippen LogP contribution in [-0.2, 0) is 9.59 Å². The van der Waals surface area contributed by atoms with Crippen molar-refractivity contribution in [3.8, 4) is 0 Å². The number of nitrogens with two attached hydrogens (primary N) is 1. The molecule has 5 nitrogen and oxygen atoms in total. The summed E-state index contributed by atoms with van der Waals surface area (Å²) < 4.78 is 0. The molecule has 1 fully saturated rings. The van der Waals surface area contributed by atoms with Gasteiger partial charge < -0.3 is 10.8 Å². The summed E-state index contributed by atoms with van der Waals surface area (Å²) in [5.74, 6) is -1.13. The third-order valence-electron chi connectivity index (χ3n) is 2.86. The molecule has 0 aromatic heterocycles. The number of hydrogen-bond donors (Lipinski definition) is 2. The molecule has 0 aromatic carbocycles. The summed E-state index contributed by atoms with van der Waals surface area (Å²) in [6, 6.07) is -0.0364. The number of thioether (sulfide) groups is 1. The number of carboxylic acids is 1. The second-order valence-corrected chi connectivity index (χ2v) is 5.26. The van der Waals surface area contributed by atoms with E-state index in [0.717, 1.165) is 11.3 Å². The highest BCUT2D eigenvalue weighted by Gasteiger charge is 2.48. The third kappa shape index (κ3) is 1.72. The molecule has 3 N–H and O–H groups in total. The number of carbonyl (C=O) groups is 2. The summed E-state index contributed by atoms with van der Waals surface area (Å²) in [5.41, 5.74) is 5.97. The number of amides is 1. The van der Waals surface area contributed by atoms with Gasteiger partial charge in [0.25, 0.3) is 0 Å². The summed E-state index contributed by atoms with van der Waals surface area (Å²) in [7, 11) is 0. The van der Waals surface area contributed by atoms with Crippen molar-refractivity contribution >= 4 is 23.6 Å². The Bertz CT molecular complexity index is 380. The number of nitrogens with zero attached hydrogens (tertiary/aromatic N) is 1. The minimum absolute atomic E-state index is 0.00217. The SMILES string of the molecule is CCC(N)CC1=C(C(=O)O)N2C(=O)C[C@@H]2S1. The Kier molecular flexibility index (Phi) is 2.94. The van der Waals surface area contributed by atoms with Gasteiger partial charge in [0, 0.05) is 10.9 Å². The number of rotatable bonds is 4. The van der Waals surface area contributed by atoms with Crippen LogP contribution in [-0.4, -0.2) is 33.3 Å². The average molecular weight is 242 g/mol. The lowest BCUT2D eigenvalue weighted by Gasteiger charge is -2.33. The van der Waals surface area contributed by atoms with Crippen LogP contribution in [0.15, 0.2) is 10.6 Å². The summed E-state index contributed by atoms with van der Waals surface area (Å²) in [4.78, 5) is 24.6. The van der Waals surface area contributed by atoms with Gasteiger partial charge in [-0.3, -0.25) is 9.69 Å². The lowest BCUT2D eigenvalue weighted by Crippen LogP contribution is -2.48. The molecule has 0 radical (unpaired) electrons. The summed E-state index contributed by atoms with van der Waals surface area (Å²) in [5, 5.41) is 9.10. The van der Waals surface area contributed by atoms with Crippen LogP contribution in [0.3, 0.4) is 0 Å². The molecular formula is C10H14N2O3S. The summed E-state index contributed by atoms with van der Waals surface area (Å²) in [6.45, 7) is 1.96. The fourth-order valence-electron chi connectivity index (χ4n) is 1.85. The number of carbonyl (C=O) groups excluding carboxylic acids is 1. The molecule has 1 amide bonds. The van der Waals surface area contributed by atoms with E-state index in [1.807, 2.05) is 6.92 Å².